The highest BCUT2D eigenvalue weighted by Gasteiger charge is 2.25. The summed E-state index contributed by atoms with van der Waals surface area (Å²) in [6.45, 7) is 1.48. The van der Waals surface area contributed by atoms with Crippen LogP contribution in [0.25, 0.3) is 0 Å². The molecular formula is C19H23N3O5S. The van der Waals surface area contributed by atoms with Crippen LogP contribution in [0.1, 0.15) is 18.9 Å². The zero-order valence-corrected chi connectivity index (χ0v) is 16.6. The first-order valence-corrected chi connectivity index (χ1v) is 10.2. The number of hydrogen-bond acceptors (Lipinski definition) is 5. The molecule has 2 aromatic rings. The number of nitrogens with zero attached hydrogens (tertiary/aromatic N) is 2. The lowest BCUT2D eigenvalue weighted by molar-refractivity contribution is -0.385. The van der Waals surface area contributed by atoms with Crippen molar-refractivity contribution < 1.29 is 18.1 Å². The normalized spacial score (nSPS) is 12.5. The molecule has 150 valence electrons. The molecule has 0 saturated carbocycles. The van der Waals surface area contributed by atoms with Crippen LogP contribution in [-0.2, 0) is 21.2 Å². The van der Waals surface area contributed by atoms with Crippen LogP contribution in [0.4, 0.5) is 5.69 Å². The van der Waals surface area contributed by atoms with Gasteiger partial charge in [0.25, 0.3) is 5.69 Å². The van der Waals surface area contributed by atoms with E-state index in [1.165, 1.54) is 25.2 Å². The van der Waals surface area contributed by atoms with Gasteiger partial charge in [0.1, 0.15) is 0 Å². The zero-order valence-electron chi connectivity index (χ0n) is 15.7. The summed E-state index contributed by atoms with van der Waals surface area (Å²) in [5.74, 6) is -0.433. The van der Waals surface area contributed by atoms with Gasteiger partial charge in [0, 0.05) is 25.2 Å². The molecule has 2 aromatic carbocycles. The Morgan fingerprint density at radius 3 is 2.50 bits per heavy atom. The topological polar surface area (TPSA) is 110 Å². The number of benzene rings is 2. The van der Waals surface area contributed by atoms with Crippen molar-refractivity contribution in [2.24, 2.45) is 0 Å². The van der Waals surface area contributed by atoms with Crippen molar-refractivity contribution in [1.29, 1.82) is 0 Å². The Morgan fingerprint density at radius 1 is 1.18 bits per heavy atom. The van der Waals surface area contributed by atoms with E-state index in [1.54, 1.807) is 0 Å². The Morgan fingerprint density at radius 2 is 1.86 bits per heavy atom. The lowest BCUT2D eigenvalue weighted by Gasteiger charge is -2.19. The van der Waals surface area contributed by atoms with E-state index in [4.69, 9.17) is 0 Å². The molecule has 1 amide bonds. The van der Waals surface area contributed by atoms with Gasteiger partial charge in [-0.15, -0.1) is 0 Å². The van der Waals surface area contributed by atoms with Gasteiger partial charge in [0.05, 0.1) is 16.4 Å². The summed E-state index contributed by atoms with van der Waals surface area (Å²) in [4.78, 5) is 22.2. The molecule has 0 spiro atoms. The van der Waals surface area contributed by atoms with Gasteiger partial charge in [-0.05, 0) is 31.4 Å². The molecule has 28 heavy (non-hydrogen) atoms. The van der Waals surface area contributed by atoms with E-state index in [0.29, 0.717) is 0 Å². The lowest BCUT2D eigenvalue weighted by atomic mass is 10.1. The summed E-state index contributed by atoms with van der Waals surface area (Å²) in [5.41, 5.74) is 0.836. The molecule has 0 heterocycles. The largest absolute Gasteiger partial charge is 0.352 e. The Balaban J connectivity index is 1.93. The summed E-state index contributed by atoms with van der Waals surface area (Å²) >= 11 is 0. The van der Waals surface area contributed by atoms with Crippen LogP contribution in [0.2, 0.25) is 0 Å². The maximum Gasteiger partial charge on any atom is 0.270 e. The lowest BCUT2D eigenvalue weighted by Crippen LogP contribution is -2.41. The summed E-state index contributed by atoms with van der Waals surface area (Å²) in [5, 5.41) is 13.6. The van der Waals surface area contributed by atoms with Crippen molar-refractivity contribution >= 4 is 21.6 Å². The quantitative estimate of drug-likeness (QED) is 0.509. The first-order valence-electron chi connectivity index (χ1n) is 8.74. The van der Waals surface area contributed by atoms with Crippen molar-refractivity contribution in [1.82, 2.24) is 9.62 Å². The second-order valence-electron chi connectivity index (χ2n) is 6.51. The number of nitrogens with one attached hydrogen (secondary N) is 1. The van der Waals surface area contributed by atoms with Gasteiger partial charge < -0.3 is 5.32 Å². The number of hydrogen-bond donors (Lipinski definition) is 1. The van der Waals surface area contributed by atoms with Gasteiger partial charge in [-0.1, -0.05) is 36.4 Å². The second-order valence-corrected chi connectivity index (χ2v) is 8.55. The van der Waals surface area contributed by atoms with Gasteiger partial charge in [-0.3, -0.25) is 14.9 Å². The first-order chi connectivity index (χ1) is 13.2. The molecule has 2 rings (SSSR count). The van der Waals surface area contributed by atoms with Gasteiger partial charge in [-0.25, -0.2) is 8.42 Å². The number of nitro benzene ring substituents is 1. The summed E-state index contributed by atoms with van der Waals surface area (Å²) in [7, 11) is -2.75. The van der Waals surface area contributed by atoms with E-state index in [9.17, 15) is 23.3 Å². The maximum atomic E-state index is 12.6. The van der Waals surface area contributed by atoms with Gasteiger partial charge in [0.2, 0.25) is 15.9 Å². The summed E-state index contributed by atoms with van der Waals surface area (Å²) in [6, 6.07) is 14.5. The monoisotopic (exact) mass is 405 g/mol. The van der Waals surface area contributed by atoms with Gasteiger partial charge >= 0.3 is 0 Å². The van der Waals surface area contributed by atoms with E-state index in [2.05, 4.69) is 5.32 Å². The van der Waals surface area contributed by atoms with Crippen molar-refractivity contribution in [3.8, 4) is 0 Å². The van der Waals surface area contributed by atoms with Crippen LogP contribution in [0.5, 0.6) is 0 Å². The highest BCUT2D eigenvalue weighted by molar-refractivity contribution is 7.89. The molecule has 0 saturated heterocycles. The number of aryl methyl sites for hydroxylation is 1. The molecule has 0 fully saturated rings. The predicted molar refractivity (Wildman–Crippen MR) is 105 cm³/mol. The van der Waals surface area contributed by atoms with E-state index >= 15 is 0 Å². The maximum absolute atomic E-state index is 12.6. The number of amides is 1. The molecule has 0 aromatic heterocycles. The van der Waals surface area contributed by atoms with Crippen molar-refractivity contribution in [2.45, 2.75) is 30.7 Å². The fourth-order valence-electron chi connectivity index (χ4n) is 2.65. The van der Waals surface area contributed by atoms with E-state index in [1.807, 2.05) is 37.3 Å². The molecule has 1 unspecified atom stereocenters. The van der Waals surface area contributed by atoms with Crippen LogP contribution < -0.4 is 5.32 Å². The molecule has 9 heteroatoms. The average Bonchev–Trinajstić information content (AvgIpc) is 2.67. The van der Waals surface area contributed by atoms with Gasteiger partial charge in [0.15, 0.2) is 0 Å². The predicted octanol–water partition coefficient (Wildman–Crippen LogP) is 2.35. The number of likely N-dealkylation sites (N-methyl/N-ethyl adjacent to an activating group) is 1. The molecule has 0 aliphatic rings. The molecule has 0 aliphatic heterocycles. The second kappa shape index (κ2) is 9.43. The van der Waals surface area contributed by atoms with E-state index in [0.717, 1.165) is 28.8 Å². The minimum absolute atomic E-state index is 0.123. The van der Waals surface area contributed by atoms with Crippen molar-refractivity contribution in [3.63, 3.8) is 0 Å². The van der Waals surface area contributed by atoms with Crippen molar-refractivity contribution in [2.75, 3.05) is 13.6 Å². The number of carbonyl (C=O) groups is 1. The molecular weight excluding hydrogens is 382 g/mol. The summed E-state index contributed by atoms with van der Waals surface area (Å²) in [6.07, 6.45) is 1.52. The fraction of sp³-hybridized carbons (Fsp3) is 0.316. The third kappa shape index (κ3) is 5.86. The smallest absolute Gasteiger partial charge is 0.270 e. The Hall–Kier alpha value is -2.78. The SMILES string of the molecule is CC(CCc1ccccc1)NC(=O)CN(C)S(=O)(=O)c1cccc([N+](=O)[O-])c1. The first kappa shape index (κ1) is 21.5. The standard InChI is InChI=1S/C19H23N3O5S/c1-15(11-12-16-7-4-3-5-8-16)20-19(23)14-21(2)28(26,27)18-10-6-9-17(13-18)22(24)25/h3-10,13,15H,11-12,14H2,1-2H3,(H,20,23). The van der Waals surface area contributed by atoms with Crippen molar-refractivity contribution in [3.05, 3.63) is 70.3 Å². The van der Waals surface area contributed by atoms with Crippen LogP contribution in [0.3, 0.4) is 0 Å². The number of carbonyl (C=O) groups excluding carboxylic acids is 1. The number of sulfonamides is 1. The van der Waals surface area contributed by atoms with Crippen LogP contribution in [0, 0.1) is 10.1 Å². The minimum Gasteiger partial charge on any atom is -0.352 e. The van der Waals surface area contributed by atoms with E-state index in [-0.39, 0.29) is 23.2 Å². The zero-order chi connectivity index (χ0) is 20.7. The van der Waals surface area contributed by atoms with E-state index < -0.39 is 20.9 Å². The summed E-state index contributed by atoms with van der Waals surface area (Å²) < 4.78 is 26.0. The molecule has 0 aliphatic carbocycles. The highest BCUT2D eigenvalue weighted by Crippen LogP contribution is 2.20. The Kier molecular flexibility index (Phi) is 7.24. The van der Waals surface area contributed by atoms with Crippen LogP contribution in [0.15, 0.2) is 59.5 Å². The highest BCUT2D eigenvalue weighted by atomic mass is 32.2. The number of nitro groups is 1. The molecule has 0 bridgehead atoms. The Labute approximate surface area is 164 Å². The van der Waals surface area contributed by atoms with Gasteiger partial charge in [-0.2, -0.15) is 4.31 Å². The fourth-order valence-corrected chi connectivity index (χ4v) is 3.81. The molecule has 1 N–H and O–H groups in total. The number of non-ortho nitro benzene ring substituents is 1. The van der Waals surface area contributed by atoms with Crippen LogP contribution >= 0.6 is 0 Å². The third-order valence-electron chi connectivity index (χ3n) is 4.22. The third-order valence-corrected chi connectivity index (χ3v) is 6.02. The molecule has 0 radical (unpaired) electrons. The number of rotatable bonds is 9. The molecule has 1 atom stereocenters. The molecule has 8 nitrogen and oxygen atoms in total. The average molecular weight is 405 g/mol. The van der Waals surface area contributed by atoms with Crippen LogP contribution in [-0.4, -0.2) is 43.2 Å². The Bertz CT molecular complexity index is 932. The minimum atomic E-state index is -4.01.